The molecule has 0 saturated heterocycles. The molecule has 0 saturated carbocycles. The molecule has 2 aromatic rings. The summed E-state index contributed by atoms with van der Waals surface area (Å²) in [5.74, 6) is 0.666. The van der Waals surface area contributed by atoms with Gasteiger partial charge in [0.25, 0.3) is 5.91 Å². The maximum atomic E-state index is 12.7. The number of guanidine groups is 1. The Hall–Kier alpha value is -2.43. The number of carbonyl (C=O) groups is 1. The smallest absolute Gasteiger partial charge is 0.387 e. The van der Waals surface area contributed by atoms with Crippen LogP contribution in [0.25, 0.3) is 0 Å². The Morgan fingerprint density at radius 3 is 2.56 bits per heavy atom. The highest BCUT2D eigenvalue weighted by Gasteiger charge is 2.11. The summed E-state index contributed by atoms with van der Waals surface area (Å²) in [7, 11) is 3.45. The first kappa shape index (κ1) is 27.6. The third-order valence-corrected chi connectivity index (χ3v) is 4.47. The maximum absolute atomic E-state index is 12.7. The zero-order chi connectivity index (χ0) is 22.8. The van der Waals surface area contributed by atoms with Gasteiger partial charge in [-0.05, 0) is 44.0 Å². The Bertz CT molecular complexity index is 907. The molecule has 176 valence electrons. The molecule has 32 heavy (non-hydrogen) atoms. The lowest BCUT2D eigenvalue weighted by Gasteiger charge is -2.14. The van der Waals surface area contributed by atoms with Crippen molar-refractivity contribution >= 4 is 35.8 Å². The van der Waals surface area contributed by atoms with Crippen molar-refractivity contribution in [3.8, 4) is 5.75 Å². The van der Waals surface area contributed by atoms with Gasteiger partial charge < -0.3 is 20.3 Å². The fraction of sp³-hybridized carbons (Fsp3) is 0.391. The standard InChI is InChI=1S/C23H30F2N4O2.HI/c1-5-26-23(28-15-19-13-16(2)9-10-20(19)31-22(24)25)27-12-11-17-7-6-8-18(14-17)21(30)29(3)4;/h6-10,13-14,22H,5,11-12,15H2,1-4H3,(H2,26,27,28);1H. The van der Waals surface area contributed by atoms with E-state index in [-0.39, 0.29) is 42.2 Å². The number of benzene rings is 2. The number of aliphatic imine (C=N–C) groups is 1. The first-order valence-corrected chi connectivity index (χ1v) is 10.2. The summed E-state index contributed by atoms with van der Waals surface area (Å²) < 4.78 is 29.9. The number of nitrogens with zero attached hydrogens (tertiary/aromatic N) is 2. The Labute approximate surface area is 205 Å². The minimum absolute atomic E-state index is 0. The molecule has 0 radical (unpaired) electrons. The summed E-state index contributed by atoms with van der Waals surface area (Å²) in [6, 6.07) is 12.6. The number of hydrogen-bond donors (Lipinski definition) is 2. The van der Waals surface area contributed by atoms with Crippen LogP contribution in [-0.2, 0) is 13.0 Å². The summed E-state index contributed by atoms with van der Waals surface area (Å²) in [5, 5.41) is 6.39. The molecule has 0 aliphatic heterocycles. The van der Waals surface area contributed by atoms with E-state index in [1.54, 1.807) is 37.2 Å². The zero-order valence-corrected chi connectivity index (χ0v) is 21.2. The van der Waals surface area contributed by atoms with E-state index in [0.29, 0.717) is 36.6 Å². The predicted molar refractivity (Wildman–Crippen MR) is 134 cm³/mol. The van der Waals surface area contributed by atoms with Crippen LogP contribution in [0.3, 0.4) is 0 Å². The Morgan fingerprint density at radius 1 is 1.16 bits per heavy atom. The molecule has 0 fully saturated rings. The van der Waals surface area contributed by atoms with Crippen molar-refractivity contribution in [1.82, 2.24) is 15.5 Å². The van der Waals surface area contributed by atoms with Gasteiger partial charge in [-0.2, -0.15) is 8.78 Å². The Morgan fingerprint density at radius 2 is 1.91 bits per heavy atom. The highest BCUT2D eigenvalue weighted by molar-refractivity contribution is 14.0. The van der Waals surface area contributed by atoms with Crippen molar-refractivity contribution in [3.05, 3.63) is 64.7 Å². The summed E-state index contributed by atoms with van der Waals surface area (Å²) in [6.45, 7) is 2.41. The van der Waals surface area contributed by atoms with Crippen molar-refractivity contribution in [2.24, 2.45) is 4.99 Å². The molecular weight excluding hydrogens is 529 g/mol. The minimum atomic E-state index is -2.88. The SMILES string of the molecule is CCNC(=NCc1cc(C)ccc1OC(F)F)NCCc1cccc(C(=O)N(C)C)c1.I. The van der Waals surface area contributed by atoms with E-state index in [1.165, 1.54) is 6.07 Å². The van der Waals surface area contributed by atoms with Crippen molar-refractivity contribution < 1.29 is 18.3 Å². The van der Waals surface area contributed by atoms with Crippen LogP contribution in [0.4, 0.5) is 8.78 Å². The van der Waals surface area contributed by atoms with E-state index in [1.807, 2.05) is 32.0 Å². The molecule has 0 aromatic heterocycles. The number of amides is 1. The van der Waals surface area contributed by atoms with E-state index < -0.39 is 6.61 Å². The number of alkyl halides is 2. The van der Waals surface area contributed by atoms with Gasteiger partial charge >= 0.3 is 6.61 Å². The number of carbonyl (C=O) groups excluding carboxylic acids is 1. The number of hydrogen-bond acceptors (Lipinski definition) is 3. The summed E-state index contributed by atoms with van der Waals surface area (Å²) in [6.07, 6.45) is 0.698. The van der Waals surface area contributed by atoms with Gasteiger partial charge in [0.1, 0.15) is 5.75 Å². The van der Waals surface area contributed by atoms with Crippen molar-refractivity contribution in [2.45, 2.75) is 33.4 Å². The third kappa shape index (κ3) is 8.97. The molecule has 0 atom stereocenters. The topological polar surface area (TPSA) is 66.0 Å². The molecule has 9 heteroatoms. The second-order valence-electron chi connectivity index (χ2n) is 7.26. The van der Waals surface area contributed by atoms with Gasteiger partial charge in [-0.3, -0.25) is 4.79 Å². The van der Waals surface area contributed by atoms with Gasteiger partial charge in [-0.15, -0.1) is 24.0 Å². The number of nitrogens with one attached hydrogen (secondary N) is 2. The molecule has 0 unspecified atom stereocenters. The van der Waals surface area contributed by atoms with Crippen LogP contribution >= 0.6 is 24.0 Å². The highest BCUT2D eigenvalue weighted by atomic mass is 127. The lowest BCUT2D eigenvalue weighted by atomic mass is 10.1. The summed E-state index contributed by atoms with van der Waals surface area (Å²) >= 11 is 0. The molecule has 2 N–H and O–H groups in total. The molecule has 0 aliphatic rings. The van der Waals surface area contributed by atoms with Gasteiger partial charge in [0.05, 0.1) is 6.54 Å². The first-order valence-electron chi connectivity index (χ1n) is 10.2. The molecule has 6 nitrogen and oxygen atoms in total. The monoisotopic (exact) mass is 560 g/mol. The van der Waals surface area contributed by atoms with E-state index >= 15 is 0 Å². The van der Waals surface area contributed by atoms with Gasteiger partial charge in [0.2, 0.25) is 0 Å². The average molecular weight is 560 g/mol. The van der Waals surface area contributed by atoms with Crippen LogP contribution in [0.1, 0.15) is 34.0 Å². The molecule has 2 rings (SSSR count). The number of halogens is 3. The highest BCUT2D eigenvalue weighted by Crippen LogP contribution is 2.22. The van der Waals surface area contributed by atoms with Gasteiger partial charge in [0, 0.05) is 38.3 Å². The van der Waals surface area contributed by atoms with E-state index in [0.717, 1.165) is 11.1 Å². The van der Waals surface area contributed by atoms with Crippen molar-refractivity contribution in [2.75, 3.05) is 27.2 Å². The molecular formula is C23H31F2IN4O2. The zero-order valence-electron chi connectivity index (χ0n) is 18.8. The van der Waals surface area contributed by atoms with Gasteiger partial charge in [0.15, 0.2) is 5.96 Å². The normalized spacial score (nSPS) is 11.0. The fourth-order valence-corrected chi connectivity index (χ4v) is 2.99. The van der Waals surface area contributed by atoms with E-state index in [9.17, 15) is 13.6 Å². The number of rotatable bonds is 9. The van der Waals surface area contributed by atoms with Crippen LogP contribution in [0.2, 0.25) is 0 Å². The Balaban J connectivity index is 0.00000512. The second-order valence-corrected chi connectivity index (χ2v) is 7.26. The molecule has 2 aromatic carbocycles. The summed E-state index contributed by atoms with van der Waals surface area (Å²) in [4.78, 5) is 18.2. The molecule has 0 heterocycles. The van der Waals surface area contributed by atoms with E-state index in [2.05, 4.69) is 20.4 Å². The van der Waals surface area contributed by atoms with Gasteiger partial charge in [-0.25, -0.2) is 4.99 Å². The van der Waals surface area contributed by atoms with Crippen molar-refractivity contribution in [1.29, 1.82) is 0 Å². The van der Waals surface area contributed by atoms with Crippen LogP contribution in [0.15, 0.2) is 47.5 Å². The Kier molecular flexibility index (Phi) is 12.0. The fourth-order valence-electron chi connectivity index (χ4n) is 2.99. The minimum Gasteiger partial charge on any atom is -0.434 e. The predicted octanol–water partition coefficient (Wildman–Crippen LogP) is 4.21. The lowest BCUT2D eigenvalue weighted by Crippen LogP contribution is -2.38. The van der Waals surface area contributed by atoms with Crippen molar-refractivity contribution in [3.63, 3.8) is 0 Å². The van der Waals surface area contributed by atoms with Crippen LogP contribution in [-0.4, -0.2) is 50.6 Å². The molecule has 0 aliphatic carbocycles. The quantitative estimate of drug-likeness (QED) is 0.274. The maximum Gasteiger partial charge on any atom is 0.387 e. The number of ether oxygens (including phenoxy) is 1. The van der Waals surface area contributed by atoms with E-state index in [4.69, 9.17) is 0 Å². The summed E-state index contributed by atoms with van der Waals surface area (Å²) in [5.41, 5.74) is 3.21. The largest absolute Gasteiger partial charge is 0.434 e. The first-order chi connectivity index (χ1) is 14.8. The van der Waals surface area contributed by atoms with Crippen LogP contribution < -0.4 is 15.4 Å². The molecule has 0 bridgehead atoms. The van der Waals surface area contributed by atoms with Crippen LogP contribution in [0, 0.1) is 6.92 Å². The lowest BCUT2D eigenvalue weighted by molar-refractivity contribution is -0.0504. The average Bonchev–Trinajstić information content (AvgIpc) is 2.73. The van der Waals surface area contributed by atoms with Gasteiger partial charge in [-0.1, -0.05) is 29.8 Å². The second kappa shape index (κ2) is 13.9. The van der Waals surface area contributed by atoms with Crippen LogP contribution in [0.5, 0.6) is 5.75 Å². The third-order valence-electron chi connectivity index (χ3n) is 4.47. The molecule has 0 spiro atoms. The molecule has 1 amide bonds. The number of aryl methyl sites for hydroxylation is 1.